The second kappa shape index (κ2) is 8.37. The molecule has 2 aliphatic heterocycles. The lowest BCUT2D eigenvalue weighted by molar-refractivity contribution is 0.163. The van der Waals surface area contributed by atoms with Crippen LogP contribution >= 0.6 is 0 Å². The third-order valence-electron chi connectivity index (χ3n) is 5.75. The molecule has 2 fully saturated rings. The summed E-state index contributed by atoms with van der Waals surface area (Å²) in [4.78, 5) is 13.4. The van der Waals surface area contributed by atoms with Crippen LogP contribution in [0.15, 0.2) is 27.7 Å². The fraction of sp³-hybridized carbons (Fsp3) is 0.632. The van der Waals surface area contributed by atoms with E-state index in [9.17, 15) is 8.42 Å². The van der Waals surface area contributed by atoms with E-state index >= 15 is 0 Å². The molecular weight excluding hydrogens is 392 g/mol. The van der Waals surface area contributed by atoms with Crippen LogP contribution in [0.5, 0.6) is 0 Å². The molecule has 2 aromatic rings. The number of aromatic nitrogens is 3. The molecular formula is C19H28N6O3S. The molecule has 0 bridgehead atoms. The van der Waals surface area contributed by atoms with E-state index in [4.69, 9.17) is 4.52 Å². The van der Waals surface area contributed by atoms with E-state index in [-0.39, 0.29) is 6.04 Å². The quantitative estimate of drug-likeness (QED) is 0.723. The van der Waals surface area contributed by atoms with Gasteiger partial charge in [-0.3, -0.25) is 4.90 Å². The van der Waals surface area contributed by atoms with Gasteiger partial charge in [0.15, 0.2) is 5.82 Å². The zero-order valence-electron chi connectivity index (χ0n) is 17.0. The van der Waals surface area contributed by atoms with Gasteiger partial charge in [-0.1, -0.05) is 11.6 Å². The molecule has 2 aromatic heterocycles. The summed E-state index contributed by atoms with van der Waals surface area (Å²) in [5, 5.41) is 3.87. The highest BCUT2D eigenvalue weighted by Crippen LogP contribution is 2.29. The van der Waals surface area contributed by atoms with Gasteiger partial charge < -0.3 is 9.42 Å². The van der Waals surface area contributed by atoms with E-state index in [1.807, 2.05) is 6.92 Å². The number of piperidine rings is 1. The van der Waals surface area contributed by atoms with Crippen molar-refractivity contribution >= 4 is 15.8 Å². The van der Waals surface area contributed by atoms with Gasteiger partial charge in [0.1, 0.15) is 10.7 Å². The lowest BCUT2D eigenvalue weighted by Crippen LogP contribution is -2.48. The maximum Gasteiger partial charge on any atom is 0.246 e. The molecule has 0 aliphatic carbocycles. The van der Waals surface area contributed by atoms with Crippen LogP contribution in [0, 0.1) is 6.92 Å². The number of hydrogen-bond acceptors (Lipinski definition) is 8. The molecule has 158 valence electrons. The van der Waals surface area contributed by atoms with Crippen LogP contribution in [0.1, 0.15) is 43.9 Å². The number of anilines is 1. The zero-order chi connectivity index (χ0) is 20.4. The van der Waals surface area contributed by atoms with Gasteiger partial charge in [0.05, 0.1) is 6.04 Å². The maximum absolute atomic E-state index is 13.2. The van der Waals surface area contributed by atoms with E-state index in [1.165, 1.54) is 0 Å². The van der Waals surface area contributed by atoms with Crippen molar-refractivity contribution in [2.45, 2.75) is 44.0 Å². The van der Waals surface area contributed by atoms with Crippen LogP contribution in [0.4, 0.5) is 5.82 Å². The summed E-state index contributed by atoms with van der Waals surface area (Å²) < 4.78 is 33.4. The van der Waals surface area contributed by atoms with Gasteiger partial charge in [0, 0.05) is 45.5 Å². The molecule has 4 rings (SSSR count). The summed E-state index contributed by atoms with van der Waals surface area (Å²) in [5.74, 6) is 1.80. The normalized spacial score (nSPS) is 20.7. The molecule has 0 amide bonds. The molecule has 1 atom stereocenters. The molecule has 0 N–H and O–H groups in total. The average molecular weight is 421 g/mol. The Morgan fingerprint density at radius 2 is 1.79 bits per heavy atom. The average Bonchev–Trinajstić information content (AvgIpc) is 3.20. The molecule has 29 heavy (non-hydrogen) atoms. The molecule has 0 spiro atoms. The fourth-order valence-electron chi connectivity index (χ4n) is 4.03. The van der Waals surface area contributed by atoms with Gasteiger partial charge in [0.25, 0.3) is 0 Å². The predicted octanol–water partition coefficient (Wildman–Crippen LogP) is 1.83. The monoisotopic (exact) mass is 420 g/mol. The van der Waals surface area contributed by atoms with Gasteiger partial charge in [-0.05, 0) is 38.8 Å². The predicted molar refractivity (Wildman–Crippen MR) is 108 cm³/mol. The topological polar surface area (TPSA) is 95.7 Å². The highest BCUT2D eigenvalue weighted by molar-refractivity contribution is 7.89. The first kappa shape index (κ1) is 20.2. The van der Waals surface area contributed by atoms with Crippen LogP contribution in [-0.2, 0) is 10.0 Å². The third kappa shape index (κ3) is 4.15. The number of sulfonamides is 1. The smallest absolute Gasteiger partial charge is 0.246 e. The number of nitrogens with zero attached hydrogens (tertiary/aromatic N) is 6. The first-order chi connectivity index (χ1) is 14.0. The first-order valence-electron chi connectivity index (χ1n) is 10.2. The first-order valence-corrected chi connectivity index (χ1v) is 11.6. The molecule has 0 saturated carbocycles. The van der Waals surface area contributed by atoms with Crippen LogP contribution in [0.2, 0.25) is 0 Å². The number of piperazine rings is 1. The Labute approximate surface area is 171 Å². The summed E-state index contributed by atoms with van der Waals surface area (Å²) in [7, 11) is -3.53. The summed E-state index contributed by atoms with van der Waals surface area (Å²) in [6.07, 6.45) is 4.59. The highest BCUT2D eigenvalue weighted by atomic mass is 32.2. The Morgan fingerprint density at radius 3 is 2.45 bits per heavy atom. The Hall–Kier alpha value is -2.04. The largest absolute Gasteiger partial charge is 0.353 e. The van der Waals surface area contributed by atoms with Crippen molar-refractivity contribution < 1.29 is 12.9 Å². The second-order valence-electron chi connectivity index (χ2n) is 7.67. The molecule has 0 aromatic carbocycles. The van der Waals surface area contributed by atoms with Gasteiger partial charge in [0.2, 0.25) is 15.9 Å². The van der Waals surface area contributed by atoms with Crippen LogP contribution in [-0.4, -0.2) is 72.0 Å². The van der Waals surface area contributed by atoms with Crippen molar-refractivity contribution in [1.82, 2.24) is 24.3 Å². The van der Waals surface area contributed by atoms with E-state index in [0.29, 0.717) is 48.6 Å². The molecule has 10 heteroatoms. The van der Waals surface area contributed by atoms with Crippen molar-refractivity contribution in [1.29, 1.82) is 0 Å². The van der Waals surface area contributed by atoms with Crippen molar-refractivity contribution in [2.75, 3.05) is 44.2 Å². The van der Waals surface area contributed by atoms with Gasteiger partial charge in [-0.15, -0.1) is 0 Å². The minimum atomic E-state index is -3.53. The molecule has 4 heterocycles. The van der Waals surface area contributed by atoms with Crippen LogP contribution in [0.25, 0.3) is 0 Å². The van der Waals surface area contributed by atoms with E-state index in [0.717, 1.165) is 32.4 Å². The summed E-state index contributed by atoms with van der Waals surface area (Å²) in [5.41, 5.74) is 0. The molecule has 0 radical (unpaired) electrons. The minimum Gasteiger partial charge on any atom is -0.353 e. The maximum atomic E-state index is 13.2. The number of pyridine rings is 1. The Bertz CT molecular complexity index is 933. The lowest BCUT2D eigenvalue weighted by Gasteiger charge is -2.38. The molecule has 2 saturated heterocycles. The second-order valence-corrected chi connectivity index (χ2v) is 9.58. The number of hydrogen-bond donors (Lipinski definition) is 0. The third-order valence-corrected chi connectivity index (χ3v) is 7.67. The Kier molecular flexibility index (Phi) is 5.84. The zero-order valence-corrected chi connectivity index (χ0v) is 17.8. The van der Waals surface area contributed by atoms with E-state index in [2.05, 4.69) is 31.8 Å². The van der Waals surface area contributed by atoms with Crippen LogP contribution in [0.3, 0.4) is 0 Å². The van der Waals surface area contributed by atoms with Crippen LogP contribution < -0.4 is 4.90 Å². The number of rotatable bonds is 5. The van der Waals surface area contributed by atoms with Crippen molar-refractivity contribution in [2.24, 2.45) is 0 Å². The lowest BCUT2D eigenvalue weighted by atomic mass is 10.2. The van der Waals surface area contributed by atoms with Crippen molar-refractivity contribution in [3.63, 3.8) is 0 Å². The Morgan fingerprint density at radius 1 is 1.07 bits per heavy atom. The number of aryl methyl sites for hydroxylation is 1. The van der Waals surface area contributed by atoms with Crippen molar-refractivity contribution in [3.05, 3.63) is 30.0 Å². The summed E-state index contributed by atoms with van der Waals surface area (Å²) in [6, 6.07) is 3.41. The highest BCUT2D eigenvalue weighted by Gasteiger charge is 2.32. The fourth-order valence-corrected chi connectivity index (χ4v) is 5.71. The van der Waals surface area contributed by atoms with E-state index in [1.54, 1.807) is 22.6 Å². The molecule has 9 nitrogen and oxygen atoms in total. The SMILES string of the molecule is Cc1noc(C(C)N2CCN(c3ncccc3S(=O)(=O)N3CCCCC3)CC2)n1. The van der Waals surface area contributed by atoms with Crippen molar-refractivity contribution in [3.8, 4) is 0 Å². The standard InChI is InChI=1S/C19H28N6O3S/c1-15(19-21-16(2)22-28-19)23-11-13-24(14-12-23)18-17(7-6-8-20-18)29(26,27)25-9-4-3-5-10-25/h6-8,15H,3-5,9-14H2,1-2H3. The summed E-state index contributed by atoms with van der Waals surface area (Å²) in [6.45, 7) is 7.95. The minimum absolute atomic E-state index is 0.0265. The molecule has 2 aliphatic rings. The van der Waals surface area contributed by atoms with Gasteiger partial charge in [-0.25, -0.2) is 13.4 Å². The summed E-state index contributed by atoms with van der Waals surface area (Å²) >= 11 is 0. The van der Waals surface area contributed by atoms with E-state index < -0.39 is 10.0 Å². The molecule has 1 unspecified atom stereocenters. The van der Waals surface area contributed by atoms with Gasteiger partial charge in [-0.2, -0.15) is 9.29 Å². The van der Waals surface area contributed by atoms with Gasteiger partial charge >= 0.3 is 0 Å². The Balaban J connectivity index is 1.49.